The van der Waals surface area contributed by atoms with E-state index in [9.17, 15) is 4.79 Å². The van der Waals surface area contributed by atoms with Gasteiger partial charge in [0.15, 0.2) is 0 Å². The zero-order valence-corrected chi connectivity index (χ0v) is 8.55. The first-order valence-electron chi connectivity index (χ1n) is 4.98. The fourth-order valence-electron chi connectivity index (χ4n) is 2.11. The molecule has 2 atom stereocenters. The number of piperidine rings is 1. The second kappa shape index (κ2) is 3.98. The highest BCUT2D eigenvalue weighted by atomic mass is 16.4. The lowest BCUT2D eigenvalue weighted by atomic mass is 9.84. The molecule has 82 valence electrons. The Hall–Kier alpha value is -1.43. The van der Waals surface area contributed by atoms with Crippen LogP contribution in [0.1, 0.15) is 18.0 Å². The van der Waals surface area contributed by atoms with E-state index in [1.54, 1.807) is 17.9 Å². The first-order chi connectivity index (χ1) is 7.20. The van der Waals surface area contributed by atoms with E-state index in [0.29, 0.717) is 6.54 Å². The number of nitrogens with zero attached hydrogens (tertiary/aromatic N) is 3. The fourth-order valence-corrected chi connectivity index (χ4v) is 2.11. The largest absolute Gasteiger partial charge is 0.481 e. The molecule has 0 radical (unpaired) electrons. The standard InChI is InChI=1S/C9H14N4O2/c1-13-8(5-11-12-13)6-2-3-10-4-7(6)9(14)15/h5-7,10H,2-4H2,1H3,(H,14,15). The summed E-state index contributed by atoms with van der Waals surface area (Å²) in [5.41, 5.74) is 0.906. The molecule has 0 bridgehead atoms. The minimum atomic E-state index is -0.756. The molecule has 2 unspecified atom stereocenters. The van der Waals surface area contributed by atoms with Gasteiger partial charge in [0.1, 0.15) is 0 Å². The van der Waals surface area contributed by atoms with Crippen molar-refractivity contribution in [3.05, 3.63) is 11.9 Å². The van der Waals surface area contributed by atoms with Crippen molar-refractivity contribution in [3.8, 4) is 0 Å². The van der Waals surface area contributed by atoms with Crippen LogP contribution in [0, 0.1) is 5.92 Å². The number of hydrogen-bond acceptors (Lipinski definition) is 4. The quantitative estimate of drug-likeness (QED) is 0.693. The van der Waals surface area contributed by atoms with E-state index in [4.69, 9.17) is 5.11 Å². The molecule has 6 nitrogen and oxygen atoms in total. The third-order valence-corrected chi connectivity index (χ3v) is 2.93. The smallest absolute Gasteiger partial charge is 0.308 e. The minimum absolute atomic E-state index is 0.0174. The van der Waals surface area contributed by atoms with Crippen LogP contribution in [-0.4, -0.2) is 39.2 Å². The summed E-state index contributed by atoms with van der Waals surface area (Å²) in [6, 6.07) is 0. The molecule has 0 aliphatic carbocycles. The average Bonchev–Trinajstić information content (AvgIpc) is 2.64. The second-order valence-electron chi connectivity index (χ2n) is 3.83. The van der Waals surface area contributed by atoms with Gasteiger partial charge in [0, 0.05) is 19.5 Å². The molecule has 1 aliphatic heterocycles. The summed E-state index contributed by atoms with van der Waals surface area (Å²) in [5, 5.41) is 19.8. The van der Waals surface area contributed by atoms with Gasteiger partial charge in [0.05, 0.1) is 17.8 Å². The Balaban J connectivity index is 2.25. The van der Waals surface area contributed by atoms with Gasteiger partial charge in [-0.05, 0) is 13.0 Å². The van der Waals surface area contributed by atoms with Gasteiger partial charge in [-0.3, -0.25) is 9.48 Å². The van der Waals surface area contributed by atoms with Crippen LogP contribution in [0.25, 0.3) is 0 Å². The lowest BCUT2D eigenvalue weighted by Gasteiger charge is -2.28. The lowest BCUT2D eigenvalue weighted by molar-refractivity contribution is -0.143. The Morgan fingerprint density at radius 1 is 1.73 bits per heavy atom. The number of carbonyl (C=O) groups is 1. The maximum Gasteiger partial charge on any atom is 0.308 e. The molecular formula is C9H14N4O2. The van der Waals surface area contributed by atoms with Crippen LogP contribution in [-0.2, 0) is 11.8 Å². The second-order valence-corrected chi connectivity index (χ2v) is 3.83. The number of carboxylic acids is 1. The highest BCUT2D eigenvalue weighted by molar-refractivity contribution is 5.71. The zero-order valence-electron chi connectivity index (χ0n) is 8.55. The first kappa shape index (κ1) is 10.1. The van der Waals surface area contributed by atoms with Gasteiger partial charge in [0.25, 0.3) is 0 Å². The number of hydrogen-bond donors (Lipinski definition) is 2. The molecule has 0 amide bonds. The van der Waals surface area contributed by atoms with E-state index in [2.05, 4.69) is 15.6 Å². The molecule has 2 heterocycles. The van der Waals surface area contributed by atoms with E-state index in [-0.39, 0.29) is 11.8 Å². The van der Waals surface area contributed by atoms with Crippen LogP contribution in [0.4, 0.5) is 0 Å². The van der Waals surface area contributed by atoms with E-state index in [1.807, 2.05) is 0 Å². The van der Waals surface area contributed by atoms with E-state index in [0.717, 1.165) is 18.7 Å². The van der Waals surface area contributed by atoms with Crippen LogP contribution < -0.4 is 5.32 Å². The maximum atomic E-state index is 11.1. The highest BCUT2D eigenvalue weighted by Crippen LogP contribution is 2.29. The Morgan fingerprint density at radius 2 is 2.53 bits per heavy atom. The van der Waals surface area contributed by atoms with Crippen LogP contribution in [0.2, 0.25) is 0 Å². The summed E-state index contributed by atoms with van der Waals surface area (Å²) < 4.78 is 1.66. The molecule has 1 saturated heterocycles. The zero-order chi connectivity index (χ0) is 10.8. The number of aryl methyl sites for hydroxylation is 1. The molecule has 1 aromatic heterocycles. The van der Waals surface area contributed by atoms with E-state index in [1.165, 1.54) is 0 Å². The molecule has 6 heteroatoms. The topological polar surface area (TPSA) is 80.0 Å². The Kier molecular flexibility index (Phi) is 2.68. The number of carboxylic acid groups (broad SMARTS) is 1. The lowest BCUT2D eigenvalue weighted by Crippen LogP contribution is -2.40. The maximum absolute atomic E-state index is 11.1. The van der Waals surface area contributed by atoms with Gasteiger partial charge in [0.2, 0.25) is 0 Å². The van der Waals surface area contributed by atoms with Crippen molar-refractivity contribution in [2.75, 3.05) is 13.1 Å². The summed E-state index contributed by atoms with van der Waals surface area (Å²) >= 11 is 0. The Morgan fingerprint density at radius 3 is 3.13 bits per heavy atom. The summed E-state index contributed by atoms with van der Waals surface area (Å²) in [6.45, 7) is 1.37. The van der Waals surface area contributed by atoms with Gasteiger partial charge in [-0.1, -0.05) is 5.21 Å². The number of nitrogens with one attached hydrogen (secondary N) is 1. The summed E-state index contributed by atoms with van der Waals surface area (Å²) in [4.78, 5) is 11.1. The van der Waals surface area contributed by atoms with Crippen molar-refractivity contribution in [1.29, 1.82) is 0 Å². The van der Waals surface area contributed by atoms with Crippen LogP contribution >= 0.6 is 0 Å². The molecule has 1 aromatic rings. The predicted octanol–water partition coefficient (Wildman–Crippen LogP) is -0.407. The van der Waals surface area contributed by atoms with Crippen LogP contribution in [0.5, 0.6) is 0 Å². The number of aromatic nitrogens is 3. The minimum Gasteiger partial charge on any atom is -0.481 e. The third-order valence-electron chi connectivity index (χ3n) is 2.93. The van der Waals surface area contributed by atoms with Gasteiger partial charge in [-0.2, -0.15) is 0 Å². The Bertz CT molecular complexity index is 363. The predicted molar refractivity (Wildman–Crippen MR) is 52.4 cm³/mol. The molecule has 1 aliphatic rings. The van der Waals surface area contributed by atoms with Crippen molar-refractivity contribution in [3.63, 3.8) is 0 Å². The molecule has 2 rings (SSSR count). The van der Waals surface area contributed by atoms with E-state index >= 15 is 0 Å². The van der Waals surface area contributed by atoms with Gasteiger partial charge in [-0.25, -0.2) is 0 Å². The van der Waals surface area contributed by atoms with Gasteiger partial charge >= 0.3 is 5.97 Å². The molecule has 0 saturated carbocycles. The van der Waals surface area contributed by atoms with Crippen molar-refractivity contribution < 1.29 is 9.90 Å². The molecule has 0 aromatic carbocycles. The van der Waals surface area contributed by atoms with Crippen molar-refractivity contribution >= 4 is 5.97 Å². The monoisotopic (exact) mass is 210 g/mol. The van der Waals surface area contributed by atoms with Crippen molar-refractivity contribution in [2.45, 2.75) is 12.3 Å². The SMILES string of the molecule is Cn1nncc1C1CCNCC1C(=O)O. The molecule has 1 fully saturated rings. The Labute approximate surface area is 87.3 Å². The molecule has 2 N–H and O–H groups in total. The molecular weight excluding hydrogens is 196 g/mol. The molecule has 0 spiro atoms. The van der Waals surface area contributed by atoms with Crippen molar-refractivity contribution in [2.24, 2.45) is 13.0 Å². The third kappa shape index (κ3) is 1.85. The highest BCUT2D eigenvalue weighted by Gasteiger charge is 2.33. The van der Waals surface area contributed by atoms with Gasteiger partial charge < -0.3 is 10.4 Å². The van der Waals surface area contributed by atoms with Crippen LogP contribution in [0.3, 0.4) is 0 Å². The van der Waals surface area contributed by atoms with E-state index < -0.39 is 5.97 Å². The first-order valence-corrected chi connectivity index (χ1v) is 4.98. The van der Waals surface area contributed by atoms with Gasteiger partial charge in [-0.15, -0.1) is 5.10 Å². The number of rotatable bonds is 2. The summed E-state index contributed by atoms with van der Waals surface area (Å²) in [7, 11) is 1.79. The average molecular weight is 210 g/mol. The van der Waals surface area contributed by atoms with Crippen molar-refractivity contribution in [1.82, 2.24) is 20.3 Å². The molecule has 15 heavy (non-hydrogen) atoms. The summed E-state index contributed by atoms with van der Waals surface area (Å²) in [6.07, 6.45) is 2.48. The summed E-state index contributed by atoms with van der Waals surface area (Å²) in [5.74, 6) is -1.12. The fraction of sp³-hybridized carbons (Fsp3) is 0.667. The number of aliphatic carboxylic acids is 1. The van der Waals surface area contributed by atoms with Crippen LogP contribution in [0.15, 0.2) is 6.20 Å². The normalized spacial score (nSPS) is 26.5.